The topological polar surface area (TPSA) is 87.7 Å². The van der Waals surface area contributed by atoms with Gasteiger partial charge in [-0.1, -0.05) is 26.0 Å². The predicted octanol–water partition coefficient (Wildman–Crippen LogP) is 3.27. The summed E-state index contributed by atoms with van der Waals surface area (Å²) in [6, 6.07) is 11.7. The molecule has 1 aliphatic rings. The Hall–Kier alpha value is -3.35. The first-order valence-electron chi connectivity index (χ1n) is 9.07. The van der Waals surface area contributed by atoms with Crippen molar-refractivity contribution in [3.63, 3.8) is 0 Å². The van der Waals surface area contributed by atoms with Gasteiger partial charge in [0.05, 0.1) is 18.2 Å². The van der Waals surface area contributed by atoms with Gasteiger partial charge in [-0.05, 0) is 41.8 Å². The second-order valence-electron chi connectivity index (χ2n) is 7.03. The number of hydrogen-bond donors (Lipinski definition) is 2. The van der Waals surface area contributed by atoms with Crippen molar-refractivity contribution in [3.8, 4) is 5.75 Å². The number of benzene rings is 2. The highest BCUT2D eigenvalue weighted by Gasteiger charge is 2.35. The van der Waals surface area contributed by atoms with Gasteiger partial charge in [0.1, 0.15) is 5.75 Å². The average Bonchev–Trinajstić information content (AvgIpc) is 2.91. The number of ether oxygens (including phenoxy) is 1. The lowest BCUT2D eigenvalue weighted by atomic mass is 10.1. The van der Waals surface area contributed by atoms with E-state index in [9.17, 15) is 14.4 Å². The van der Waals surface area contributed by atoms with Crippen LogP contribution in [-0.4, -0.2) is 36.4 Å². The van der Waals surface area contributed by atoms with E-state index in [4.69, 9.17) is 4.74 Å². The molecule has 2 N–H and O–H groups in total. The fraction of sp³-hybridized carbons (Fsp3) is 0.286. The fourth-order valence-electron chi connectivity index (χ4n) is 3.00. The fourth-order valence-corrected chi connectivity index (χ4v) is 3.00. The van der Waals surface area contributed by atoms with Crippen LogP contribution in [-0.2, 0) is 6.54 Å². The molecule has 0 atom stereocenters. The second-order valence-corrected chi connectivity index (χ2v) is 7.03. The van der Waals surface area contributed by atoms with Crippen molar-refractivity contribution in [2.45, 2.75) is 20.4 Å². The van der Waals surface area contributed by atoms with Crippen LogP contribution in [0.5, 0.6) is 5.75 Å². The molecule has 28 heavy (non-hydrogen) atoms. The first kappa shape index (κ1) is 19.4. The van der Waals surface area contributed by atoms with Crippen LogP contribution in [0.1, 0.15) is 40.1 Å². The van der Waals surface area contributed by atoms with E-state index in [1.807, 2.05) is 38.1 Å². The van der Waals surface area contributed by atoms with Crippen molar-refractivity contribution in [3.05, 3.63) is 59.2 Å². The number of hydrogen-bond acceptors (Lipinski definition) is 4. The van der Waals surface area contributed by atoms with Crippen molar-refractivity contribution in [1.82, 2.24) is 10.2 Å². The lowest BCUT2D eigenvalue weighted by Gasteiger charge is -2.15. The minimum absolute atomic E-state index is 0.184. The van der Waals surface area contributed by atoms with E-state index in [-0.39, 0.29) is 17.7 Å². The van der Waals surface area contributed by atoms with Crippen LogP contribution in [0.2, 0.25) is 0 Å². The number of amides is 4. The zero-order chi connectivity index (χ0) is 20.3. The van der Waals surface area contributed by atoms with Gasteiger partial charge in [-0.15, -0.1) is 0 Å². The molecule has 1 heterocycles. The quantitative estimate of drug-likeness (QED) is 0.752. The molecular formula is C21H23N3O4. The van der Waals surface area contributed by atoms with Crippen LogP contribution in [0, 0.1) is 5.92 Å². The minimum Gasteiger partial charge on any atom is -0.497 e. The number of nitrogens with zero attached hydrogens (tertiary/aromatic N) is 1. The van der Waals surface area contributed by atoms with E-state index >= 15 is 0 Å². The molecule has 2 aromatic rings. The van der Waals surface area contributed by atoms with Crippen molar-refractivity contribution in [1.29, 1.82) is 0 Å². The van der Waals surface area contributed by atoms with Crippen LogP contribution in [0.3, 0.4) is 0 Å². The second kappa shape index (κ2) is 8.12. The monoisotopic (exact) mass is 381 g/mol. The summed E-state index contributed by atoms with van der Waals surface area (Å²) in [6.45, 7) is 4.62. The number of rotatable bonds is 6. The molecule has 0 bridgehead atoms. The van der Waals surface area contributed by atoms with Gasteiger partial charge in [0.2, 0.25) is 0 Å². The van der Waals surface area contributed by atoms with Crippen molar-refractivity contribution in [2.75, 3.05) is 19.0 Å². The summed E-state index contributed by atoms with van der Waals surface area (Å²) >= 11 is 0. The normalized spacial score (nSPS) is 12.9. The molecule has 3 rings (SSSR count). The standard InChI is InChI=1S/C21H23N3O4/c1-13(2)12-24-19(25)17-9-6-15(10-18(17)20(24)26)23-21(27)22-11-14-4-7-16(28-3)8-5-14/h4-10,13H,11-12H2,1-3H3,(H2,22,23,27). The lowest BCUT2D eigenvalue weighted by Crippen LogP contribution is -2.33. The van der Waals surface area contributed by atoms with E-state index in [2.05, 4.69) is 10.6 Å². The van der Waals surface area contributed by atoms with E-state index in [0.29, 0.717) is 29.9 Å². The van der Waals surface area contributed by atoms with Gasteiger partial charge in [0.15, 0.2) is 0 Å². The molecule has 146 valence electrons. The summed E-state index contributed by atoms with van der Waals surface area (Å²) in [7, 11) is 1.59. The Morgan fingerprint density at radius 1 is 1.04 bits per heavy atom. The van der Waals surface area contributed by atoms with Crippen LogP contribution in [0.4, 0.5) is 10.5 Å². The summed E-state index contributed by atoms with van der Waals surface area (Å²) < 4.78 is 5.10. The van der Waals surface area contributed by atoms with Gasteiger partial charge in [-0.3, -0.25) is 14.5 Å². The molecule has 0 radical (unpaired) electrons. The Morgan fingerprint density at radius 3 is 2.36 bits per heavy atom. The van der Waals surface area contributed by atoms with Gasteiger partial charge >= 0.3 is 6.03 Å². The van der Waals surface area contributed by atoms with Gasteiger partial charge < -0.3 is 15.4 Å². The number of fused-ring (bicyclic) bond motifs is 1. The van der Waals surface area contributed by atoms with E-state index < -0.39 is 6.03 Å². The number of carbonyl (C=O) groups is 3. The number of anilines is 1. The lowest BCUT2D eigenvalue weighted by molar-refractivity contribution is 0.0636. The summed E-state index contributed by atoms with van der Waals surface area (Å²) in [6.07, 6.45) is 0. The summed E-state index contributed by atoms with van der Waals surface area (Å²) in [4.78, 5) is 38.3. The molecule has 0 fully saturated rings. The van der Waals surface area contributed by atoms with Crippen molar-refractivity contribution >= 4 is 23.5 Å². The Bertz CT molecular complexity index is 906. The Labute approximate surface area is 163 Å². The highest BCUT2D eigenvalue weighted by molar-refractivity contribution is 6.21. The van der Waals surface area contributed by atoms with Gasteiger partial charge in [0, 0.05) is 18.8 Å². The smallest absolute Gasteiger partial charge is 0.319 e. The first-order chi connectivity index (χ1) is 13.4. The molecule has 4 amide bonds. The Balaban J connectivity index is 1.63. The van der Waals surface area contributed by atoms with Crippen LogP contribution < -0.4 is 15.4 Å². The zero-order valence-corrected chi connectivity index (χ0v) is 16.1. The molecule has 0 saturated carbocycles. The average molecular weight is 381 g/mol. The molecule has 7 heteroatoms. The Kier molecular flexibility index (Phi) is 5.63. The first-order valence-corrected chi connectivity index (χ1v) is 9.07. The number of methoxy groups -OCH3 is 1. The van der Waals surface area contributed by atoms with Crippen molar-refractivity contribution < 1.29 is 19.1 Å². The molecule has 0 aliphatic carbocycles. The maximum Gasteiger partial charge on any atom is 0.319 e. The molecule has 0 unspecified atom stereocenters. The number of urea groups is 1. The molecule has 2 aromatic carbocycles. The Morgan fingerprint density at radius 2 is 1.71 bits per heavy atom. The zero-order valence-electron chi connectivity index (χ0n) is 16.1. The molecule has 7 nitrogen and oxygen atoms in total. The SMILES string of the molecule is COc1ccc(CNC(=O)Nc2ccc3c(c2)C(=O)N(CC(C)C)C3=O)cc1. The number of nitrogens with one attached hydrogen (secondary N) is 2. The van der Waals surface area contributed by atoms with Crippen LogP contribution in [0.25, 0.3) is 0 Å². The van der Waals surface area contributed by atoms with E-state index in [0.717, 1.165) is 11.3 Å². The van der Waals surface area contributed by atoms with Gasteiger partial charge in [-0.2, -0.15) is 0 Å². The molecular weight excluding hydrogens is 358 g/mol. The third-order valence-electron chi connectivity index (χ3n) is 4.39. The maximum atomic E-state index is 12.5. The minimum atomic E-state index is -0.397. The third-order valence-corrected chi connectivity index (χ3v) is 4.39. The van der Waals surface area contributed by atoms with Gasteiger partial charge in [0.25, 0.3) is 11.8 Å². The van der Waals surface area contributed by atoms with E-state index in [1.165, 1.54) is 4.90 Å². The largest absolute Gasteiger partial charge is 0.497 e. The summed E-state index contributed by atoms with van der Waals surface area (Å²) in [5.74, 6) is 0.320. The van der Waals surface area contributed by atoms with Crippen LogP contribution >= 0.6 is 0 Å². The number of carbonyl (C=O) groups excluding carboxylic acids is 3. The van der Waals surface area contributed by atoms with Crippen molar-refractivity contribution in [2.24, 2.45) is 5.92 Å². The highest BCUT2D eigenvalue weighted by atomic mass is 16.5. The molecule has 0 saturated heterocycles. The highest BCUT2D eigenvalue weighted by Crippen LogP contribution is 2.26. The molecule has 1 aliphatic heterocycles. The molecule has 0 spiro atoms. The van der Waals surface area contributed by atoms with E-state index in [1.54, 1.807) is 25.3 Å². The third kappa shape index (κ3) is 4.14. The number of imide groups is 1. The predicted molar refractivity (Wildman–Crippen MR) is 105 cm³/mol. The molecule has 0 aromatic heterocycles. The van der Waals surface area contributed by atoms with Crippen LogP contribution in [0.15, 0.2) is 42.5 Å². The summed E-state index contributed by atoms with van der Waals surface area (Å²) in [5, 5.41) is 5.45. The van der Waals surface area contributed by atoms with Gasteiger partial charge in [-0.25, -0.2) is 4.79 Å². The maximum absolute atomic E-state index is 12.5. The summed E-state index contributed by atoms with van der Waals surface area (Å²) in [5.41, 5.74) is 2.07.